The molecule has 0 fully saturated rings. The Morgan fingerprint density at radius 1 is 1.07 bits per heavy atom. The molecular formula is C32H44N4O3Si. The number of aryl methyl sites for hydroxylation is 3. The van der Waals surface area contributed by atoms with Crippen LogP contribution in [0, 0.1) is 0 Å². The Morgan fingerprint density at radius 2 is 1.82 bits per heavy atom. The van der Waals surface area contributed by atoms with E-state index in [9.17, 15) is 4.79 Å². The normalized spacial score (nSPS) is 13.1. The second kappa shape index (κ2) is 12.4. The minimum Gasteiger partial charge on any atom is -0.494 e. The van der Waals surface area contributed by atoms with E-state index in [1.54, 1.807) is 12.5 Å². The molecule has 2 heterocycles. The molecule has 7 nitrogen and oxygen atoms in total. The number of primary amides is 1. The Hall–Kier alpha value is -3.36. The highest BCUT2D eigenvalue weighted by Crippen LogP contribution is 2.37. The lowest BCUT2D eigenvalue weighted by molar-refractivity contribution is 0.0995. The van der Waals surface area contributed by atoms with Crippen LogP contribution in [0.2, 0.25) is 18.1 Å². The van der Waals surface area contributed by atoms with Gasteiger partial charge in [-0.05, 0) is 73.1 Å². The molecule has 0 saturated carbocycles. The maximum atomic E-state index is 11.7. The molecule has 0 saturated heterocycles. The van der Waals surface area contributed by atoms with E-state index in [1.165, 1.54) is 22.0 Å². The molecule has 0 aliphatic rings. The fourth-order valence-corrected chi connectivity index (χ4v) is 5.72. The maximum Gasteiger partial charge on any atom is 0.268 e. The van der Waals surface area contributed by atoms with Gasteiger partial charge in [0.05, 0.1) is 25.6 Å². The summed E-state index contributed by atoms with van der Waals surface area (Å²) in [6, 6.07) is 16.9. The maximum absolute atomic E-state index is 11.7. The monoisotopic (exact) mass is 560 g/mol. The summed E-state index contributed by atoms with van der Waals surface area (Å²) in [7, 11) is 0.128. The summed E-state index contributed by atoms with van der Waals surface area (Å²) < 4.78 is 16.9. The Morgan fingerprint density at radius 3 is 2.50 bits per heavy atom. The van der Waals surface area contributed by atoms with E-state index in [0.29, 0.717) is 13.2 Å². The van der Waals surface area contributed by atoms with Gasteiger partial charge in [0, 0.05) is 30.3 Å². The lowest BCUT2D eigenvalue weighted by atomic mass is 10.0. The van der Waals surface area contributed by atoms with Crippen molar-refractivity contribution in [3.8, 4) is 5.75 Å². The number of benzene rings is 2. The number of ether oxygens (including phenoxy) is 1. The largest absolute Gasteiger partial charge is 0.494 e. The van der Waals surface area contributed by atoms with Crippen LogP contribution in [0.5, 0.6) is 5.75 Å². The van der Waals surface area contributed by atoms with Gasteiger partial charge in [0.25, 0.3) is 5.91 Å². The molecule has 1 unspecified atom stereocenters. The molecule has 0 aliphatic heterocycles. The van der Waals surface area contributed by atoms with Crippen LogP contribution in [0.1, 0.15) is 61.3 Å². The van der Waals surface area contributed by atoms with Crippen molar-refractivity contribution in [3.63, 3.8) is 0 Å². The summed E-state index contributed by atoms with van der Waals surface area (Å²) in [5.74, 6) is 0.375. The Bertz CT molecular complexity index is 1420. The van der Waals surface area contributed by atoms with Gasteiger partial charge in [-0.2, -0.15) is 0 Å². The van der Waals surface area contributed by atoms with E-state index in [1.807, 2.05) is 10.6 Å². The number of aromatic nitrogens is 3. The summed E-state index contributed by atoms with van der Waals surface area (Å²) in [5.41, 5.74) is 9.54. The van der Waals surface area contributed by atoms with Crippen molar-refractivity contribution in [2.24, 2.45) is 12.8 Å². The zero-order valence-corrected chi connectivity index (χ0v) is 25.8. The molecular weight excluding hydrogens is 516 g/mol. The van der Waals surface area contributed by atoms with Gasteiger partial charge in [-0.3, -0.25) is 4.79 Å². The van der Waals surface area contributed by atoms with E-state index >= 15 is 0 Å². The summed E-state index contributed by atoms with van der Waals surface area (Å²) in [6.07, 6.45) is 9.31. The molecule has 214 valence electrons. The minimum atomic E-state index is -1.95. The molecule has 0 bridgehead atoms. The van der Waals surface area contributed by atoms with Crippen LogP contribution < -0.4 is 10.5 Å². The zero-order valence-electron chi connectivity index (χ0n) is 24.8. The molecule has 2 aromatic heterocycles. The molecule has 0 aliphatic carbocycles. The van der Waals surface area contributed by atoms with Crippen molar-refractivity contribution < 1.29 is 14.0 Å². The first kappa shape index (κ1) is 29.6. The lowest BCUT2D eigenvalue weighted by Crippen LogP contribution is -2.42. The number of fused-ring (bicyclic) bond motifs is 1. The molecule has 8 heteroatoms. The van der Waals surface area contributed by atoms with Gasteiger partial charge in [0.15, 0.2) is 8.32 Å². The standard InChI is InChI=1S/C32H44N4O3Si/c1-32(2,3)40(5,6)39-22-26(36-21-29(31(33)37)34-23-36)15-14-25-20-35(4)30-17-16-27(19-28(25)30)38-18-10-13-24-11-8-7-9-12-24/h7-9,11-12,16-17,19-21,23,26H,10,13-15,18,22H2,1-6H3,(H2,33,37). The highest BCUT2D eigenvalue weighted by atomic mass is 28.4. The number of hydrogen-bond acceptors (Lipinski definition) is 4. The van der Waals surface area contributed by atoms with Gasteiger partial charge in [0.1, 0.15) is 11.4 Å². The first-order chi connectivity index (χ1) is 18.9. The van der Waals surface area contributed by atoms with Crippen molar-refractivity contribution in [1.29, 1.82) is 0 Å². The lowest BCUT2D eigenvalue weighted by Gasteiger charge is -2.37. The second-order valence-electron chi connectivity index (χ2n) is 12.2. The van der Waals surface area contributed by atoms with Crippen molar-refractivity contribution in [2.75, 3.05) is 13.2 Å². The van der Waals surface area contributed by atoms with E-state index in [0.717, 1.165) is 31.4 Å². The van der Waals surface area contributed by atoms with Gasteiger partial charge in [-0.1, -0.05) is 51.1 Å². The second-order valence-corrected chi connectivity index (χ2v) is 17.0. The molecule has 4 rings (SSSR count). The van der Waals surface area contributed by atoms with Gasteiger partial charge < -0.3 is 24.0 Å². The molecule has 4 aromatic rings. The predicted molar refractivity (Wildman–Crippen MR) is 164 cm³/mol. The number of hydrogen-bond donors (Lipinski definition) is 1. The molecule has 1 atom stereocenters. The first-order valence-corrected chi connectivity index (χ1v) is 17.1. The first-order valence-electron chi connectivity index (χ1n) is 14.2. The van der Waals surface area contributed by atoms with E-state index in [-0.39, 0.29) is 16.8 Å². The predicted octanol–water partition coefficient (Wildman–Crippen LogP) is 6.68. The van der Waals surface area contributed by atoms with Crippen LogP contribution >= 0.6 is 0 Å². The fraction of sp³-hybridized carbons (Fsp3) is 0.438. The third-order valence-electron chi connectivity index (χ3n) is 8.23. The van der Waals surface area contributed by atoms with Gasteiger partial charge in [0.2, 0.25) is 0 Å². The molecule has 40 heavy (non-hydrogen) atoms. The van der Waals surface area contributed by atoms with Crippen molar-refractivity contribution >= 4 is 25.1 Å². The number of carbonyl (C=O) groups excluding carboxylic acids is 1. The SMILES string of the molecule is Cn1cc(CCC(CO[Si](C)(C)C(C)(C)C)n2cnc(C(N)=O)c2)c2cc(OCCCc3ccccc3)ccc21. The third-order valence-corrected chi connectivity index (χ3v) is 12.7. The number of carbonyl (C=O) groups is 1. The van der Waals surface area contributed by atoms with E-state index in [2.05, 4.69) is 99.1 Å². The van der Waals surface area contributed by atoms with Crippen LogP contribution in [0.3, 0.4) is 0 Å². The number of imidazole rings is 1. The molecule has 2 N–H and O–H groups in total. The number of amides is 1. The molecule has 0 radical (unpaired) electrons. The van der Waals surface area contributed by atoms with E-state index < -0.39 is 14.2 Å². The van der Waals surface area contributed by atoms with Crippen molar-refractivity contribution in [2.45, 2.75) is 70.6 Å². The van der Waals surface area contributed by atoms with Gasteiger partial charge in [-0.25, -0.2) is 4.98 Å². The average molecular weight is 561 g/mol. The smallest absolute Gasteiger partial charge is 0.268 e. The number of rotatable bonds is 13. The van der Waals surface area contributed by atoms with Crippen LogP contribution in [0.15, 0.2) is 67.3 Å². The number of nitrogens with zero attached hydrogens (tertiary/aromatic N) is 3. The highest BCUT2D eigenvalue weighted by molar-refractivity contribution is 6.74. The zero-order chi connectivity index (χ0) is 28.9. The Kier molecular flexibility index (Phi) is 9.21. The van der Waals surface area contributed by atoms with Crippen LogP contribution in [0.25, 0.3) is 10.9 Å². The molecule has 1 amide bonds. The molecule has 2 aromatic carbocycles. The Labute approximate surface area is 239 Å². The highest BCUT2D eigenvalue weighted by Gasteiger charge is 2.37. The van der Waals surface area contributed by atoms with E-state index in [4.69, 9.17) is 14.9 Å². The Balaban J connectivity index is 1.47. The average Bonchev–Trinajstić information content (AvgIpc) is 3.52. The summed E-state index contributed by atoms with van der Waals surface area (Å²) >= 11 is 0. The number of nitrogens with two attached hydrogens (primary N) is 1. The minimum absolute atomic E-state index is 0.0300. The third kappa shape index (κ3) is 7.23. The summed E-state index contributed by atoms with van der Waals surface area (Å²) in [6.45, 7) is 12.5. The summed E-state index contributed by atoms with van der Waals surface area (Å²) in [4.78, 5) is 15.9. The molecule has 0 spiro atoms. The van der Waals surface area contributed by atoms with Crippen LogP contribution in [-0.4, -0.2) is 41.6 Å². The van der Waals surface area contributed by atoms with Gasteiger partial charge >= 0.3 is 0 Å². The quantitative estimate of drug-likeness (QED) is 0.146. The fourth-order valence-electron chi connectivity index (χ4n) is 4.68. The van der Waals surface area contributed by atoms with Crippen LogP contribution in [-0.2, 0) is 24.3 Å². The van der Waals surface area contributed by atoms with Crippen molar-refractivity contribution in [3.05, 3.63) is 84.1 Å². The summed E-state index contributed by atoms with van der Waals surface area (Å²) in [5, 5.41) is 1.31. The topological polar surface area (TPSA) is 84.3 Å². The van der Waals surface area contributed by atoms with Gasteiger partial charge in [-0.15, -0.1) is 0 Å². The van der Waals surface area contributed by atoms with Crippen molar-refractivity contribution in [1.82, 2.24) is 14.1 Å². The van der Waals surface area contributed by atoms with Crippen LogP contribution in [0.4, 0.5) is 0 Å².